The highest BCUT2D eigenvalue weighted by atomic mass is 19.4. The van der Waals surface area contributed by atoms with E-state index in [-0.39, 0.29) is 42.8 Å². The second kappa shape index (κ2) is 12.6. The van der Waals surface area contributed by atoms with Crippen molar-refractivity contribution in [2.24, 2.45) is 5.92 Å². The summed E-state index contributed by atoms with van der Waals surface area (Å²) in [7, 11) is 0. The Bertz CT molecular complexity index is 1270. The van der Waals surface area contributed by atoms with Gasteiger partial charge in [-0.3, -0.25) is 9.59 Å². The van der Waals surface area contributed by atoms with Crippen LogP contribution in [0.5, 0.6) is 5.75 Å². The normalized spacial score (nSPS) is 12.2. The summed E-state index contributed by atoms with van der Waals surface area (Å²) in [6.45, 7) is 3.88. The zero-order chi connectivity index (χ0) is 28.7. The van der Waals surface area contributed by atoms with Gasteiger partial charge in [-0.1, -0.05) is 26.0 Å². The van der Waals surface area contributed by atoms with Gasteiger partial charge in [0.05, 0.1) is 23.6 Å². The number of hydrogen-bond donors (Lipinski definition) is 3. The molecule has 39 heavy (non-hydrogen) atoms. The van der Waals surface area contributed by atoms with Gasteiger partial charge >= 0.3 is 12.1 Å². The highest BCUT2D eigenvalue weighted by Crippen LogP contribution is 2.34. The van der Waals surface area contributed by atoms with Crippen LogP contribution in [0.2, 0.25) is 0 Å². The third kappa shape index (κ3) is 8.17. The number of alkyl halides is 3. The van der Waals surface area contributed by atoms with Gasteiger partial charge in [-0.25, -0.2) is 8.78 Å². The average molecular weight is 551 g/mol. The SMILES string of the molecule is CC(C)[C@@H](COc1cc(F)c(-c2ccc(C(F)(F)F)cc2)c(F)c1)Nc1ccc(C(=O)NCCC(=O)O)cc1. The van der Waals surface area contributed by atoms with E-state index in [1.165, 1.54) is 0 Å². The summed E-state index contributed by atoms with van der Waals surface area (Å²) in [5, 5.41) is 14.4. The van der Waals surface area contributed by atoms with Gasteiger partial charge < -0.3 is 20.5 Å². The molecule has 0 aliphatic rings. The Morgan fingerprint density at radius 2 is 1.54 bits per heavy atom. The van der Waals surface area contributed by atoms with E-state index in [0.29, 0.717) is 11.3 Å². The van der Waals surface area contributed by atoms with Crippen LogP contribution in [0.3, 0.4) is 0 Å². The summed E-state index contributed by atoms with van der Waals surface area (Å²) >= 11 is 0. The number of carboxylic acids is 1. The molecule has 3 N–H and O–H groups in total. The topological polar surface area (TPSA) is 87.7 Å². The number of aliphatic carboxylic acids is 1. The van der Waals surface area contributed by atoms with Crippen LogP contribution in [0.4, 0.5) is 27.6 Å². The molecule has 208 valence electrons. The number of nitrogens with one attached hydrogen (secondary N) is 2. The molecule has 0 aliphatic heterocycles. The minimum Gasteiger partial charge on any atom is -0.491 e. The largest absolute Gasteiger partial charge is 0.491 e. The predicted molar refractivity (Wildman–Crippen MR) is 136 cm³/mol. The molecule has 0 fully saturated rings. The maximum atomic E-state index is 14.8. The molecule has 0 spiro atoms. The highest BCUT2D eigenvalue weighted by Gasteiger charge is 2.30. The Kier molecular flexibility index (Phi) is 9.50. The molecule has 3 aromatic rings. The molecule has 1 atom stereocenters. The fourth-order valence-electron chi connectivity index (χ4n) is 3.64. The number of rotatable bonds is 11. The lowest BCUT2D eigenvalue weighted by Gasteiger charge is -2.24. The van der Waals surface area contributed by atoms with Crippen molar-refractivity contribution in [1.29, 1.82) is 0 Å². The zero-order valence-corrected chi connectivity index (χ0v) is 21.1. The molecule has 3 rings (SSSR count). The second-order valence-electron chi connectivity index (χ2n) is 9.12. The number of carboxylic acid groups (broad SMARTS) is 1. The molecule has 0 radical (unpaired) electrons. The van der Waals surface area contributed by atoms with Gasteiger partial charge in [0.1, 0.15) is 24.0 Å². The maximum Gasteiger partial charge on any atom is 0.416 e. The zero-order valence-electron chi connectivity index (χ0n) is 21.1. The smallest absolute Gasteiger partial charge is 0.416 e. The maximum absolute atomic E-state index is 14.8. The van der Waals surface area contributed by atoms with Crippen molar-refractivity contribution in [1.82, 2.24) is 5.32 Å². The van der Waals surface area contributed by atoms with E-state index in [2.05, 4.69) is 10.6 Å². The first kappa shape index (κ1) is 29.4. The molecule has 6 nitrogen and oxygen atoms in total. The number of amides is 1. The van der Waals surface area contributed by atoms with Crippen molar-refractivity contribution in [3.63, 3.8) is 0 Å². The number of benzene rings is 3. The van der Waals surface area contributed by atoms with Gasteiger partial charge in [0.2, 0.25) is 0 Å². The van der Waals surface area contributed by atoms with Crippen LogP contribution in [-0.4, -0.2) is 36.2 Å². The Balaban J connectivity index is 1.64. The summed E-state index contributed by atoms with van der Waals surface area (Å²) in [5.74, 6) is -3.42. The molecular weight excluding hydrogens is 523 g/mol. The van der Waals surface area contributed by atoms with Crippen molar-refractivity contribution in [2.45, 2.75) is 32.5 Å². The van der Waals surface area contributed by atoms with Crippen LogP contribution >= 0.6 is 0 Å². The molecule has 0 bridgehead atoms. The molecule has 3 aromatic carbocycles. The van der Waals surface area contributed by atoms with Gasteiger partial charge in [-0.05, 0) is 47.9 Å². The van der Waals surface area contributed by atoms with Gasteiger partial charge in [-0.2, -0.15) is 13.2 Å². The number of carbonyl (C=O) groups excluding carboxylic acids is 1. The van der Waals surface area contributed by atoms with Gasteiger partial charge in [0.15, 0.2) is 0 Å². The molecule has 0 saturated carbocycles. The first-order valence-corrected chi connectivity index (χ1v) is 12.0. The first-order valence-electron chi connectivity index (χ1n) is 12.0. The second-order valence-corrected chi connectivity index (χ2v) is 9.12. The molecular formula is C28H27F5N2O4. The minimum absolute atomic E-state index is 0.00738. The molecule has 1 amide bonds. The summed E-state index contributed by atoms with van der Waals surface area (Å²) < 4.78 is 73.5. The van der Waals surface area contributed by atoms with Crippen molar-refractivity contribution in [3.05, 3.63) is 83.4 Å². The van der Waals surface area contributed by atoms with Crippen LogP contribution < -0.4 is 15.4 Å². The average Bonchev–Trinajstić information content (AvgIpc) is 2.86. The number of hydrogen-bond acceptors (Lipinski definition) is 4. The van der Waals surface area contributed by atoms with Crippen molar-refractivity contribution in [2.75, 3.05) is 18.5 Å². The number of carbonyl (C=O) groups is 2. The minimum atomic E-state index is -4.56. The van der Waals surface area contributed by atoms with E-state index in [4.69, 9.17) is 9.84 Å². The molecule has 0 heterocycles. The standard InChI is InChI=1S/C28H27F5N2O4/c1-16(2)24(35-20-9-5-18(6-10-20)27(38)34-12-11-25(36)37)15-39-21-13-22(29)26(23(30)14-21)17-3-7-19(8-4-17)28(31,32)33/h3-10,13-14,16,24,35H,11-12,15H2,1-2H3,(H,34,38)(H,36,37)/t24-/m1/s1. The van der Waals surface area contributed by atoms with E-state index in [1.807, 2.05) is 13.8 Å². The number of anilines is 1. The summed E-state index contributed by atoms with van der Waals surface area (Å²) in [4.78, 5) is 22.7. The fraction of sp³-hybridized carbons (Fsp3) is 0.286. The highest BCUT2D eigenvalue weighted by molar-refractivity contribution is 5.94. The van der Waals surface area contributed by atoms with Crippen molar-refractivity contribution >= 4 is 17.6 Å². The lowest BCUT2D eigenvalue weighted by atomic mass is 10.0. The van der Waals surface area contributed by atoms with E-state index < -0.39 is 40.8 Å². The van der Waals surface area contributed by atoms with Crippen LogP contribution in [0.15, 0.2) is 60.7 Å². The number of halogens is 5. The third-order valence-corrected chi connectivity index (χ3v) is 5.87. The summed E-state index contributed by atoms with van der Waals surface area (Å²) in [5.41, 5.74) is -0.406. The lowest BCUT2D eigenvalue weighted by Crippen LogP contribution is -2.32. The van der Waals surface area contributed by atoms with Crippen LogP contribution in [-0.2, 0) is 11.0 Å². The van der Waals surface area contributed by atoms with E-state index in [0.717, 1.165) is 36.4 Å². The van der Waals surface area contributed by atoms with E-state index in [1.54, 1.807) is 24.3 Å². The Labute approximate surface area is 221 Å². The van der Waals surface area contributed by atoms with Crippen LogP contribution in [0.1, 0.15) is 36.2 Å². The summed E-state index contributed by atoms with van der Waals surface area (Å²) in [6, 6.07) is 11.7. The van der Waals surface area contributed by atoms with Gasteiger partial charge in [0, 0.05) is 29.9 Å². The summed E-state index contributed by atoms with van der Waals surface area (Å²) in [6.07, 6.45) is -4.75. The molecule has 0 aliphatic carbocycles. The fourth-order valence-corrected chi connectivity index (χ4v) is 3.64. The Morgan fingerprint density at radius 1 is 0.949 bits per heavy atom. The molecule has 11 heteroatoms. The third-order valence-electron chi connectivity index (χ3n) is 5.87. The molecule has 0 unspecified atom stereocenters. The van der Waals surface area contributed by atoms with Gasteiger partial charge in [0.25, 0.3) is 5.91 Å². The Morgan fingerprint density at radius 3 is 2.05 bits per heavy atom. The predicted octanol–water partition coefficient (Wildman–Crippen LogP) is 6.37. The van der Waals surface area contributed by atoms with Crippen molar-refractivity contribution in [3.8, 4) is 16.9 Å². The quantitative estimate of drug-likeness (QED) is 0.242. The van der Waals surface area contributed by atoms with E-state index >= 15 is 0 Å². The molecule has 0 saturated heterocycles. The van der Waals surface area contributed by atoms with Gasteiger partial charge in [-0.15, -0.1) is 0 Å². The Hall–Kier alpha value is -4.15. The monoisotopic (exact) mass is 550 g/mol. The van der Waals surface area contributed by atoms with E-state index in [9.17, 15) is 31.5 Å². The first-order chi connectivity index (χ1) is 18.3. The van der Waals surface area contributed by atoms with Crippen molar-refractivity contribution < 1.29 is 41.4 Å². The van der Waals surface area contributed by atoms with Crippen LogP contribution in [0, 0.1) is 17.6 Å². The molecule has 0 aromatic heterocycles. The van der Waals surface area contributed by atoms with Crippen LogP contribution in [0.25, 0.3) is 11.1 Å². The number of ether oxygens (including phenoxy) is 1. The lowest BCUT2D eigenvalue weighted by molar-refractivity contribution is -0.138.